The van der Waals surface area contributed by atoms with Crippen molar-refractivity contribution in [2.45, 2.75) is 51.5 Å². The Balaban J connectivity index is 1.75. The molecule has 4 heteroatoms. The van der Waals surface area contributed by atoms with Gasteiger partial charge in [-0.2, -0.15) is 0 Å². The first kappa shape index (κ1) is 14.6. The van der Waals surface area contributed by atoms with Gasteiger partial charge in [-0.05, 0) is 57.3 Å². The number of amides is 1. The Morgan fingerprint density at radius 2 is 2.10 bits per heavy atom. The fourth-order valence-corrected chi connectivity index (χ4v) is 3.56. The third kappa shape index (κ3) is 3.15. The van der Waals surface area contributed by atoms with Crippen LogP contribution in [0.1, 0.15) is 56.6 Å². The first-order valence-electron chi connectivity index (χ1n) is 8.39. The first-order chi connectivity index (χ1) is 10.3. The first-order valence-corrected chi connectivity index (χ1v) is 8.39. The zero-order chi connectivity index (χ0) is 14.7. The van der Waals surface area contributed by atoms with Crippen molar-refractivity contribution in [3.8, 4) is 0 Å². The van der Waals surface area contributed by atoms with Gasteiger partial charge in [0.1, 0.15) is 11.5 Å². The molecule has 0 aliphatic carbocycles. The summed E-state index contributed by atoms with van der Waals surface area (Å²) < 4.78 is 5.93. The highest BCUT2D eigenvalue weighted by Crippen LogP contribution is 2.34. The van der Waals surface area contributed by atoms with Gasteiger partial charge in [0.05, 0.1) is 6.04 Å². The van der Waals surface area contributed by atoms with E-state index in [0.29, 0.717) is 5.91 Å². The van der Waals surface area contributed by atoms with E-state index in [9.17, 15) is 4.79 Å². The number of rotatable bonds is 3. The maximum Gasteiger partial charge on any atom is 0.226 e. The molecule has 2 fully saturated rings. The molecule has 2 aliphatic rings. The standard InChI is InChI=1S/C17H26N2O2/c1-2-14-6-7-16(21-14)15-5-3-4-12-19(15)17(20)13-8-10-18-11-9-13/h6-7,13,15,18H,2-5,8-12H2,1H3. The monoisotopic (exact) mass is 290 g/mol. The van der Waals surface area contributed by atoms with Crippen LogP contribution in [-0.2, 0) is 11.2 Å². The van der Waals surface area contributed by atoms with Gasteiger partial charge in [0.2, 0.25) is 5.91 Å². The lowest BCUT2D eigenvalue weighted by Gasteiger charge is -2.37. The van der Waals surface area contributed by atoms with Crippen LogP contribution in [0.25, 0.3) is 0 Å². The molecule has 2 saturated heterocycles. The van der Waals surface area contributed by atoms with E-state index < -0.39 is 0 Å². The summed E-state index contributed by atoms with van der Waals surface area (Å²) in [5.41, 5.74) is 0. The molecule has 1 aromatic rings. The summed E-state index contributed by atoms with van der Waals surface area (Å²) in [7, 11) is 0. The summed E-state index contributed by atoms with van der Waals surface area (Å²) >= 11 is 0. The third-order valence-electron chi connectivity index (χ3n) is 4.83. The minimum absolute atomic E-state index is 0.154. The summed E-state index contributed by atoms with van der Waals surface area (Å²) in [4.78, 5) is 15.0. The van der Waals surface area contributed by atoms with Crippen molar-refractivity contribution in [1.82, 2.24) is 10.2 Å². The van der Waals surface area contributed by atoms with E-state index in [2.05, 4.69) is 29.3 Å². The van der Waals surface area contributed by atoms with E-state index in [1.165, 1.54) is 6.42 Å². The van der Waals surface area contributed by atoms with Gasteiger partial charge >= 0.3 is 0 Å². The molecular formula is C17H26N2O2. The highest BCUT2D eigenvalue weighted by Gasteiger charge is 2.34. The lowest BCUT2D eigenvalue weighted by Crippen LogP contribution is -2.44. The molecule has 1 unspecified atom stereocenters. The van der Waals surface area contributed by atoms with Crippen LogP contribution in [0.2, 0.25) is 0 Å². The zero-order valence-electron chi connectivity index (χ0n) is 12.9. The van der Waals surface area contributed by atoms with Gasteiger partial charge in [-0.1, -0.05) is 6.92 Å². The number of hydrogen-bond donors (Lipinski definition) is 1. The minimum atomic E-state index is 0.154. The molecule has 1 atom stereocenters. The molecule has 0 radical (unpaired) electrons. The SMILES string of the molecule is CCc1ccc(C2CCCCN2C(=O)C2CCNCC2)o1. The van der Waals surface area contributed by atoms with Crippen LogP contribution in [0.15, 0.2) is 16.5 Å². The molecule has 0 bridgehead atoms. The molecule has 1 amide bonds. The molecule has 2 aliphatic heterocycles. The van der Waals surface area contributed by atoms with Crippen LogP contribution < -0.4 is 5.32 Å². The molecule has 3 heterocycles. The average molecular weight is 290 g/mol. The zero-order valence-corrected chi connectivity index (χ0v) is 12.9. The van der Waals surface area contributed by atoms with Gasteiger partial charge in [-0.15, -0.1) is 0 Å². The number of carbonyl (C=O) groups excluding carboxylic acids is 1. The third-order valence-corrected chi connectivity index (χ3v) is 4.83. The average Bonchev–Trinajstić information content (AvgIpc) is 3.04. The highest BCUT2D eigenvalue weighted by atomic mass is 16.3. The van der Waals surface area contributed by atoms with Crippen molar-refractivity contribution in [2.24, 2.45) is 5.92 Å². The topological polar surface area (TPSA) is 45.5 Å². The molecule has 21 heavy (non-hydrogen) atoms. The van der Waals surface area contributed by atoms with Gasteiger partial charge in [0, 0.05) is 18.9 Å². The van der Waals surface area contributed by atoms with Crippen LogP contribution in [0.5, 0.6) is 0 Å². The molecule has 116 valence electrons. The number of carbonyl (C=O) groups is 1. The fourth-order valence-electron chi connectivity index (χ4n) is 3.56. The van der Waals surface area contributed by atoms with E-state index >= 15 is 0 Å². The molecule has 1 aromatic heterocycles. The smallest absolute Gasteiger partial charge is 0.226 e. The van der Waals surface area contributed by atoms with Gasteiger partial charge in [-0.25, -0.2) is 0 Å². The maximum absolute atomic E-state index is 12.9. The Bertz CT molecular complexity index is 477. The molecule has 0 saturated carbocycles. The second-order valence-corrected chi connectivity index (χ2v) is 6.23. The minimum Gasteiger partial charge on any atom is -0.464 e. The lowest BCUT2D eigenvalue weighted by atomic mass is 9.92. The second kappa shape index (κ2) is 6.65. The number of nitrogens with one attached hydrogen (secondary N) is 1. The Morgan fingerprint density at radius 3 is 2.81 bits per heavy atom. The van der Waals surface area contributed by atoms with E-state index in [0.717, 1.165) is 63.3 Å². The Morgan fingerprint density at radius 1 is 1.29 bits per heavy atom. The van der Waals surface area contributed by atoms with Crippen LogP contribution in [0.3, 0.4) is 0 Å². The summed E-state index contributed by atoms with van der Waals surface area (Å²) in [5.74, 6) is 2.54. The van der Waals surface area contributed by atoms with E-state index in [4.69, 9.17) is 4.42 Å². The number of nitrogens with zero attached hydrogens (tertiary/aromatic N) is 1. The van der Waals surface area contributed by atoms with Crippen LogP contribution in [-0.4, -0.2) is 30.4 Å². The molecule has 4 nitrogen and oxygen atoms in total. The maximum atomic E-state index is 12.9. The van der Waals surface area contributed by atoms with Gasteiger partial charge in [0.15, 0.2) is 0 Å². The van der Waals surface area contributed by atoms with E-state index in [1.54, 1.807) is 0 Å². The summed E-state index contributed by atoms with van der Waals surface area (Å²) in [6.07, 6.45) is 6.19. The van der Waals surface area contributed by atoms with Crippen molar-refractivity contribution in [1.29, 1.82) is 0 Å². The predicted octanol–water partition coefficient (Wildman–Crippen LogP) is 2.90. The van der Waals surface area contributed by atoms with E-state index in [-0.39, 0.29) is 12.0 Å². The summed E-state index contributed by atoms with van der Waals surface area (Å²) in [6, 6.07) is 4.27. The number of furan rings is 1. The fraction of sp³-hybridized carbons (Fsp3) is 0.706. The van der Waals surface area contributed by atoms with Crippen LogP contribution >= 0.6 is 0 Å². The quantitative estimate of drug-likeness (QED) is 0.931. The van der Waals surface area contributed by atoms with E-state index in [1.807, 2.05) is 0 Å². The predicted molar refractivity (Wildman–Crippen MR) is 82.0 cm³/mol. The molecule has 0 aromatic carbocycles. The normalized spacial score (nSPS) is 24.2. The number of hydrogen-bond acceptors (Lipinski definition) is 3. The van der Waals surface area contributed by atoms with Crippen molar-refractivity contribution in [3.63, 3.8) is 0 Å². The molecule has 3 rings (SSSR count). The van der Waals surface area contributed by atoms with Crippen molar-refractivity contribution >= 4 is 5.91 Å². The largest absolute Gasteiger partial charge is 0.464 e. The van der Waals surface area contributed by atoms with Crippen molar-refractivity contribution < 1.29 is 9.21 Å². The highest BCUT2D eigenvalue weighted by molar-refractivity contribution is 5.79. The van der Waals surface area contributed by atoms with Crippen molar-refractivity contribution in [3.05, 3.63) is 23.7 Å². The van der Waals surface area contributed by atoms with Gasteiger partial charge < -0.3 is 14.6 Å². The van der Waals surface area contributed by atoms with Crippen LogP contribution in [0.4, 0.5) is 0 Å². The van der Waals surface area contributed by atoms with Gasteiger partial charge in [0.25, 0.3) is 0 Å². The van der Waals surface area contributed by atoms with Gasteiger partial charge in [-0.3, -0.25) is 4.79 Å². The summed E-state index contributed by atoms with van der Waals surface area (Å²) in [5, 5.41) is 3.34. The van der Waals surface area contributed by atoms with Crippen molar-refractivity contribution in [2.75, 3.05) is 19.6 Å². The van der Waals surface area contributed by atoms with Crippen LogP contribution in [0, 0.1) is 5.92 Å². The summed E-state index contributed by atoms with van der Waals surface area (Å²) in [6.45, 7) is 4.92. The second-order valence-electron chi connectivity index (χ2n) is 6.23. The Labute approximate surface area is 126 Å². The lowest BCUT2D eigenvalue weighted by molar-refractivity contribution is -0.140. The Kier molecular flexibility index (Phi) is 4.63. The molecule has 1 N–H and O–H groups in total. The number of aryl methyl sites for hydroxylation is 1. The molecule has 0 spiro atoms. The Hall–Kier alpha value is -1.29. The number of piperidine rings is 2. The molecular weight excluding hydrogens is 264 g/mol. The number of likely N-dealkylation sites (tertiary alicyclic amines) is 1.